The molecule has 4 rings (SSSR count). The van der Waals surface area contributed by atoms with Crippen LogP contribution in [-0.2, 0) is 0 Å². The number of hydrogen-bond acceptors (Lipinski definition) is 3. The summed E-state index contributed by atoms with van der Waals surface area (Å²) in [4.78, 5) is 4.14. The molecule has 82 valence electrons. The van der Waals surface area contributed by atoms with Crippen molar-refractivity contribution in [3.05, 3.63) is 41.7 Å². The molecule has 0 bridgehead atoms. The Morgan fingerprint density at radius 1 is 0.941 bits per heavy atom. The van der Waals surface area contributed by atoms with Gasteiger partial charge in [0, 0.05) is 21.9 Å². The van der Waals surface area contributed by atoms with E-state index in [1.807, 2.05) is 30.3 Å². The minimum atomic E-state index is 0.695. The van der Waals surface area contributed by atoms with E-state index in [0.29, 0.717) is 5.02 Å². The number of nitrogens with zero attached hydrogens (tertiary/aromatic N) is 1. The standard InChI is InChI=1S/C13H6ClNO2/c14-7-1-2-11-8(3-7)9-4-10-13(16-6-15-10)5-12(9)17-11/h1-6H. The first-order chi connectivity index (χ1) is 8.31. The van der Waals surface area contributed by atoms with E-state index in [2.05, 4.69) is 4.98 Å². The van der Waals surface area contributed by atoms with Crippen LogP contribution >= 0.6 is 11.6 Å². The van der Waals surface area contributed by atoms with Gasteiger partial charge in [0.25, 0.3) is 0 Å². The molecule has 4 aromatic rings. The predicted molar refractivity (Wildman–Crippen MR) is 66.3 cm³/mol. The molecule has 2 aromatic heterocycles. The van der Waals surface area contributed by atoms with Crippen LogP contribution in [0.25, 0.3) is 33.0 Å². The number of hydrogen-bond donors (Lipinski definition) is 0. The minimum Gasteiger partial charge on any atom is -0.456 e. The average molecular weight is 244 g/mol. The van der Waals surface area contributed by atoms with E-state index < -0.39 is 0 Å². The third-order valence-electron chi connectivity index (χ3n) is 2.88. The maximum absolute atomic E-state index is 6.00. The maximum Gasteiger partial charge on any atom is 0.181 e. The molecule has 0 aliphatic rings. The topological polar surface area (TPSA) is 39.2 Å². The van der Waals surface area contributed by atoms with Crippen LogP contribution in [0.5, 0.6) is 0 Å². The Morgan fingerprint density at radius 2 is 1.82 bits per heavy atom. The van der Waals surface area contributed by atoms with Gasteiger partial charge in [-0.3, -0.25) is 0 Å². The highest BCUT2D eigenvalue weighted by molar-refractivity contribution is 6.31. The molecule has 0 aliphatic heterocycles. The molecule has 0 radical (unpaired) electrons. The number of halogens is 1. The van der Waals surface area contributed by atoms with Crippen molar-refractivity contribution in [3.8, 4) is 0 Å². The van der Waals surface area contributed by atoms with Gasteiger partial charge in [0.1, 0.15) is 16.7 Å². The van der Waals surface area contributed by atoms with E-state index in [1.54, 1.807) is 0 Å². The van der Waals surface area contributed by atoms with E-state index in [9.17, 15) is 0 Å². The SMILES string of the molecule is Clc1ccc2oc3cc4ocnc4cc3c2c1. The lowest BCUT2D eigenvalue weighted by atomic mass is 10.1. The van der Waals surface area contributed by atoms with Gasteiger partial charge in [-0.15, -0.1) is 0 Å². The van der Waals surface area contributed by atoms with Crippen LogP contribution in [0.3, 0.4) is 0 Å². The Balaban J connectivity index is 2.28. The molecule has 0 spiro atoms. The Kier molecular flexibility index (Phi) is 1.61. The summed E-state index contributed by atoms with van der Waals surface area (Å²) in [5, 5.41) is 2.70. The van der Waals surface area contributed by atoms with Gasteiger partial charge >= 0.3 is 0 Å². The molecule has 2 heterocycles. The summed E-state index contributed by atoms with van der Waals surface area (Å²) in [6, 6.07) is 9.39. The molecule has 0 N–H and O–H groups in total. The van der Waals surface area contributed by atoms with Crippen LogP contribution in [-0.4, -0.2) is 4.98 Å². The molecular weight excluding hydrogens is 238 g/mol. The Morgan fingerprint density at radius 3 is 2.76 bits per heavy atom. The average Bonchev–Trinajstić information content (AvgIpc) is 2.89. The summed E-state index contributed by atoms with van der Waals surface area (Å²) >= 11 is 6.00. The molecular formula is C13H6ClNO2. The summed E-state index contributed by atoms with van der Waals surface area (Å²) in [6.07, 6.45) is 1.43. The predicted octanol–water partition coefficient (Wildman–Crippen LogP) is 4.38. The number of oxazole rings is 1. The molecule has 2 aromatic carbocycles. The van der Waals surface area contributed by atoms with Crippen molar-refractivity contribution in [2.75, 3.05) is 0 Å². The molecule has 17 heavy (non-hydrogen) atoms. The van der Waals surface area contributed by atoms with Gasteiger partial charge in [-0.05, 0) is 24.3 Å². The summed E-state index contributed by atoms with van der Waals surface area (Å²) < 4.78 is 11.0. The van der Waals surface area contributed by atoms with Gasteiger partial charge in [0.05, 0.1) is 0 Å². The second-order valence-electron chi connectivity index (χ2n) is 3.91. The molecule has 0 saturated heterocycles. The van der Waals surface area contributed by atoms with Crippen molar-refractivity contribution < 1.29 is 8.83 Å². The van der Waals surface area contributed by atoms with Gasteiger partial charge in [-0.1, -0.05) is 11.6 Å². The van der Waals surface area contributed by atoms with Crippen molar-refractivity contribution in [1.82, 2.24) is 4.98 Å². The minimum absolute atomic E-state index is 0.695. The highest BCUT2D eigenvalue weighted by atomic mass is 35.5. The zero-order valence-electron chi connectivity index (χ0n) is 8.61. The number of furan rings is 1. The molecule has 0 aliphatic carbocycles. The number of fused-ring (bicyclic) bond motifs is 4. The molecule has 4 heteroatoms. The van der Waals surface area contributed by atoms with E-state index in [4.69, 9.17) is 20.4 Å². The molecule has 0 amide bonds. The third kappa shape index (κ3) is 1.20. The first-order valence-corrected chi connectivity index (χ1v) is 5.54. The summed E-state index contributed by atoms with van der Waals surface area (Å²) in [7, 11) is 0. The maximum atomic E-state index is 6.00. The van der Waals surface area contributed by atoms with Crippen LogP contribution in [0.2, 0.25) is 5.02 Å². The Bertz CT molecular complexity index is 860. The first-order valence-electron chi connectivity index (χ1n) is 5.16. The smallest absolute Gasteiger partial charge is 0.181 e. The van der Waals surface area contributed by atoms with Crippen LogP contribution in [0.15, 0.2) is 45.6 Å². The van der Waals surface area contributed by atoms with Crippen molar-refractivity contribution in [3.63, 3.8) is 0 Å². The molecule has 0 atom stereocenters. The van der Waals surface area contributed by atoms with Gasteiger partial charge < -0.3 is 8.83 Å². The van der Waals surface area contributed by atoms with Crippen molar-refractivity contribution in [1.29, 1.82) is 0 Å². The number of benzene rings is 2. The first kappa shape index (κ1) is 9.07. The molecule has 0 unspecified atom stereocenters. The van der Waals surface area contributed by atoms with E-state index in [-0.39, 0.29) is 0 Å². The number of aromatic nitrogens is 1. The second kappa shape index (κ2) is 3.02. The monoisotopic (exact) mass is 243 g/mol. The second-order valence-corrected chi connectivity index (χ2v) is 4.35. The van der Waals surface area contributed by atoms with Crippen molar-refractivity contribution in [2.24, 2.45) is 0 Å². The van der Waals surface area contributed by atoms with E-state index in [1.165, 1.54) is 6.39 Å². The van der Waals surface area contributed by atoms with E-state index in [0.717, 1.165) is 33.0 Å². The summed E-state index contributed by atoms with van der Waals surface area (Å²) in [6.45, 7) is 0. The van der Waals surface area contributed by atoms with E-state index >= 15 is 0 Å². The lowest BCUT2D eigenvalue weighted by Crippen LogP contribution is -1.69. The van der Waals surface area contributed by atoms with Crippen LogP contribution < -0.4 is 0 Å². The van der Waals surface area contributed by atoms with Gasteiger partial charge in [0.15, 0.2) is 12.0 Å². The van der Waals surface area contributed by atoms with Crippen LogP contribution in [0, 0.1) is 0 Å². The lowest BCUT2D eigenvalue weighted by molar-refractivity contribution is 0.600. The van der Waals surface area contributed by atoms with Gasteiger partial charge in [0.2, 0.25) is 0 Å². The van der Waals surface area contributed by atoms with Crippen molar-refractivity contribution in [2.45, 2.75) is 0 Å². The third-order valence-corrected chi connectivity index (χ3v) is 3.12. The zero-order chi connectivity index (χ0) is 11.4. The molecule has 0 saturated carbocycles. The molecule has 0 fully saturated rings. The van der Waals surface area contributed by atoms with Crippen molar-refractivity contribution >= 4 is 44.6 Å². The molecule has 3 nitrogen and oxygen atoms in total. The Hall–Kier alpha value is -2.00. The fourth-order valence-electron chi connectivity index (χ4n) is 2.10. The fraction of sp³-hybridized carbons (Fsp3) is 0. The Labute approximate surface area is 101 Å². The zero-order valence-corrected chi connectivity index (χ0v) is 9.36. The summed E-state index contributed by atoms with van der Waals surface area (Å²) in [5.74, 6) is 0. The van der Waals surface area contributed by atoms with Crippen LogP contribution in [0.1, 0.15) is 0 Å². The van der Waals surface area contributed by atoms with Gasteiger partial charge in [-0.2, -0.15) is 0 Å². The quantitative estimate of drug-likeness (QED) is 0.460. The number of rotatable bonds is 0. The highest BCUT2D eigenvalue weighted by Crippen LogP contribution is 2.33. The lowest BCUT2D eigenvalue weighted by Gasteiger charge is -1.90. The van der Waals surface area contributed by atoms with Crippen LogP contribution in [0.4, 0.5) is 0 Å². The normalized spacial score (nSPS) is 11.8. The van der Waals surface area contributed by atoms with Gasteiger partial charge in [-0.25, -0.2) is 4.98 Å². The highest BCUT2D eigenvalue weighted by Gasteiger charge is 2.10. The fourth-order valence-corrected chi connectivity index (χ4v) is 2.27. The largest absolute Gasteiger partial charge is 0.456 e. The summed E-state index contributed by atoms with van der Waals surface area (Å²) in [5.41, 5.74) is 3.14.